The van der Waals surface area contributed by atoms with Crippen LogP contribution in [-0.2, 0) is 30.6 Å². The molecular weight excluding hydrogens is 668 g/mol. The molecule has 2 fully saturated rings. The van der Waals surface area contributed by atoms with Crippen molar-refractivity contribution in [2.45, 2.75) is 38.4 Å². The quantitative estimate of drug-likeness (QED) is 0.203. The first kappa shape index (κ1) is 32.1. The smallest absolute Gasteiger partial charge is 0.451 e. The molecule has 1 atom stereocenters. The van der Waals surface area contributed by atoms with Crippen molar-refractivity contribution in [3.63, 3.8) is 0 Å². The van der Waals surface area contributed by atoms with Gasteiger partial charge in [0.1, 0.15) is 23.9 Å². The second-order valence-corrected chi connectivity index (χ2v) is 11.8. The normalized spacial score (nSPS) is 17.2. The number of ether oxygens (including phenoxy) is 2. The summed E-state index contributed by atoms with van der Waals surface area (Å²) in [7, 11) is 0. The van der Waals surface area contributed by atoms with Gasteiger partial charge in [-0.3, -0.25) is 15.0 Å². The molecule has 1 N–H and O–H groups in total. The number of piperazine rings is 1. The van der Waals surface area contributed by atoms with E-state index in [4.69, 9.17) is 26.1 Å². The van der Waals surface area contributed by atoms with Gasteiger partial charge in [0.25, 0.3) is 5.88 Å². The minimum Gasteiger partial charge on any atom is -0.471 e. The van der Waals surface area contributed by atoms with Gasteiger partial charge in [0.15, 0.2) is 23.3 Å². The number of benzene rings is 1. The summed E-state index contributed by atoms with van der Waals surface area (Å²) >= 11 is 5.78. The van der Waals surface area contributed by atoms with E-state index in [1.807, 2.05) is 9.67 Å². The topological polar surface area (TPSA) is 110 Å². The summed E-state index contributed by atoms with van der Waals surface area (Å²) in [6.45, 7) is 2.91. The van der Waals surface area contributed by atoms with Gasteiger partial charge in [-0.05, 0) is 24.6 Å². The third-order valence-corrected chi connectivity index (χ3v) is 8.41. The molecule has 1 aromatic carbocycles. The number of rotatable bonds is 9. The molecule has 5 aromatic rings. The highest BCUT2D eigenvalue weighted by molar-refractivity contribution is 6.30. The Bertz CT molecular complexity index is 1960. The predicted molar refractivity (Wildman–Crippen MR) is 160 cm³/mol. The van der Waals surface area contributed by atoms with Crippen molar-refractivity contribution < 1.29 is 35.8 Å². The molecule has 2 aliphatic rings. The fourth-order valence-electron chi connectivity index (χ4n) is 5.52. The SMILES string of the molecule is Fc1cc(Cl)ccc1COc1nc(N2CCN(Cc3nc4cc(-c5n[nH]c(C(F)(F)F)n5)ncc4n3C[C@@H]3CCO3)CC2)c(F)cc1F. The lowest BCUT2D eigenvalue weighted by Gasteiger charge is -2.35. The van der Waals surface area contributed by atoms with Crippen LogP contribution in [0.5, 0.6) is 5.88 Å². The number of pyridine rings is 2. The molecule has 252 valence electrons. The van der Waals surface area contributed by atoms with Gasteiger partial charge in [0, 0.05) is 49.4 Å². The van der Waals surface area contributed by atoms with E-state index in [0.29, 0.717) is 68.8 Å². The van der Waals surface area contributed by atoms with E-state index >= 15 is 0 Å². The van der Waals surface area contributed by atoms with Gasteiger partial charge < -0.3 is 18.9 Å². The molecule has 0 spiro atoms. The maximum atomic E-state index is 14.9. The number of aromatic nitrogens is 7. The van der Waals surface area contributed by atoms with Crippen LogP contribution in [0.2, 0.25) is 5.02 Å². The lowest BCUT2D eigenvalue weighted by atomic mass is 10.2. The number of H-pyrrole nitrogens is 1. The van der Waals surface area contributed by atoms with Gasteiger partial charge in [-0.15, -0.1) is 0 Å². The van der Waals surface area contributed by atoms with Crippen molar-refractivity contribution >= 4 is 28.5 Å². The molecule has 0 aliphatic carbocycles. The lowest BCUT2D eigenvalue weighted by Crippen LogP contribution is -2.47. The van der Waals surface area contributed by atoms with Gasteiger partial charge in [-0.25, -0.2) is 23.1 Å². The average Bonchev–Trinajstić information content (AvgIpc) is 3.65. The fraction of sp³-hybridized carbons (Fsp3) is 0.367. The Hall–Kier alpha value is -4.48. The van der Waals surface area contributed by atoms with Crippen LogP contribution in [0.4, 0.5) is 32.2 Å². The van der Waals surface area contributed by atoms with E-state index in [9.17, 15) is 26.3 Å². The molecule has 0 radical (unpaired) electrons. The fourth-order valence-corrected chi connectivity index (χ4v) is 5.68. The number of aromatic amines is 1. The summed E-state index contributed by atoms with van der Waals surface area (Å²) in [6.07, 6.45) is -2.28. The van der Waals surface area contributed by atoms with Crippen LogP contribution in [0.3, 0.4) is 0 Å². The molecule has 18 heteroatoms. The molecular formula is C30H26ClF6N9O2. The minimum absolute atomic E-state index is 0.0138. The summed E-state index contributed by atoms with van der Waals surface area (Å²) in [4.78, 5) is 20.5. The Balaban J connectivity index is 1.06. The maximum Gasteiger partial charge on any atom is 0.451 e. The zero-order valence-electron chi connectivity index (χ0n) is 24.9. The number of alkyl halides is 3. The van der Waals surface area contributed by atoms with Crippen LogP contribution in [0, 0.1) is 17.5 Å². The third-order valence-electron chi connectivity index (χ3n) is 8.17. The highest BCUT2D eigenvalue weighted by Gasteiger charge is 2.35. The highest BCUT2D eigenvalue weighted by Crippen LogP contribution is 2.30. The van der Waals surface area contributed by atoms with Gasteiger partial charge in [-0.2, -0.15) is 23.3 Å². The Morgan fingerprint density at radius 3 is 2.46 bits per heavy atom. The third kappa shape index (κ3) is 6.61. The Labute approximate surface area is 273 Å². The number of nitrogens with one attached hydrogen (secondary N) is 1. The van der Waals surface area contributed by atoms with E-state index in [2.05, 4.69) is 25.0 Å². The maximum absolute atomic E-state index is 14.9. The van der Waals surface area contributed by atoms with Crippen molar-refractivity contribution in [1.82, 2.24) is 39.6 Å². The van der Waals surface area contributed by atoms with Gasteiger partial charge >= 0.3 is 6.18 Å². The second kappa shape index (κ2) is 12.9. The molecule has 2 aliphatic heterocycles. The molecule has 2 saturated heterocycles. The van der Waals surface area contributed by atoms with E-state index < -0.39 is 35.3 Å². The number of fused-ring (bicyclic) bond motifs is 1. The largest absolute Gasteiger partial charge is 0.471 e. The summed E-state index contributed by atoms with van der Waals surface area (Å²) in [5, 5.41) is 5.76. The van der Waals surface area contributed by atoms with Gasteiger partial charge in [0.05, 0.1) is 36.4 Å². The number of hydrogen-bond donors (Lipinski definition) is 1. The Morgan fingerprint density at radius 2 is 1.77 bits per heavy atom. The average molecular weight is 694 g/mol. The molecule has 7 rings (SSSR count). The van der Waals surface area contributed by atoms with Crippen LogP contribution in [0.25, 0.3) is 22.6 Å². The van der Waals surface area contributed by atoms with Crippen molar-refractivity contribution in [2.24, 2.45) is 0 Å². The summed E-state index contributed by atoms with van der Waals surface area (Å²) in [6, 6.07) is 6.23. The van der Waals surface area contributed by atoms with E-state index in [1.165, 1.54) is 18.3 Å². The standard InChI is InChI=1S/C30H26ClF6N9O2/c31-17-2-1-16(19(32)9-17)15-48-28-21(34)10-20(33)27(41-28)45-6-4-44(5-7-45)14-25-39-22-11-23(26-40-29(43-42-26)30(35,36)37)38-12-24(22)46(25)13-18-3-8-47-18/h1-2,9-12,18H,3-8,13-15H2,(H,40,42,43)/t18-/m0/s1. The Morgan fingerprint density at radius 1 is 0.979 bits per heavy atom. The van der Waals surface area contributed by atoms with Crippen LogP contribution in [-0.4, -0.2) is 78.5 Å². The predicted octanol–water partition coefficient (Wildman–Crippen LogP) is 5.39. The summed E-state index contributed by atoms with van der Waals surface area (Å²) < 4.78 is 95.8. The van der Waals surface area contributed by atoms with E-state index in [-0.39, 0.29) is 40.6 Å². The molecule has 0 amide bonds. The molecule has 0 unspecified atom stereocenters. The highest BCUT2D eigenvalue weighted by atomic mass is 35.5. The van der Waals surface area contributed by atoms with E-state index in [0.717, 1.165) is 12.5 Å². The number of imidazole rings is 1. The summed E-state index contributed by atoms with van der Waals surface area (Å²) in [5.74, 6) is -3.77. The van der Waals surface area contributed by atoms with Crippen LogP contribution in [0.1, 0.15) is 23.6 Å². The van der Waals surface area contributed by atoms with Crippen molar-refractivity contribution in [3.8, 4) is 17.4 Å². The molecule has 48 heavy (non-hydrogen) atoms. The number of anilines is 1. The monoisotopic (exact) mass is 693 g/mol. The second-order valence-electron chi connectivity index (χ2n) is 11.4. The van der Waals surface area contributed by atoms with Crippen LogP contribution in [0.15, 0.2) is 36.5 Å². The van der Waals surface area contributed by atoms with Crippen molar-refractivity contribution in [3.05, 3.63) is 76.2 Å². The number of nitrogens with zero attached hydrogens (tertiary/aromatic N) is 8. The number of halogens is 7. The molecule has 11 nitrogen and oxygen atoms in total. The number of hydrogen-bond acceptors (Lipinski definition) is 9. The van der Waals surface area contributed by atoms with Gasteiger partial charge in [-0.1, -0.05) is 17.7 Å². The first-order valence-corrected chi connectivity index (χ1v) is 15.3. The zero-order chi connectivity index (χ0) is 33.6. The zero-order valence-corrected chi connectivity index (χ0v) is 25.7. The molecule has 6 heterocycles. The Kier molecular flexibility index (Phi) is 8.59. The van der Waals surface area contributed by atoms with Crippen LogP contribution < -0.4 is 9.64 Å². The van der Waals surface area contributed by atoms with E-state index in [1.54, 1.807) is 11.0 Å². The molecule has 0 bridgehead atoms. The first-order valence-electron chi connectivity index (χ1n) is 14.9. The summed E-state index contributed by atoms with van der Waals surface area (Å²) in [5.41, 5.74) is 1.46. The molecule has 0 saturated carbocycles. The van der Waals surface area contributed by atoms with Gasteiger partial charge in [0.2, 0.25) is 5.82 Å². The minimum atomic E-state index is -4.68. The van der Waals surface area contributed by atoms with Crippen LogP contribution >= 0.6 is 11.6 Å². The van der Waals surface area contributed by atoms with Crippen molar-refractivity contribution in [2.75, 3.05) is 37.7 Å². The molecule has 4 aromatic heterocycles. The first-order chi connectivity index (χ1) is 23.0. The van der Waals surface area contributed by atoms with Crippen molar-refractivity contribution in [1.29, 1.82) is 0 Å². The lowest BCUT2D eigenvalue weighted by molar-refractivity contribution is -0.144.